The molecule has 19 heavy (non-hydrogen) atoms. The van der Waals surface area contributed by atoms with E-state index in [1.165, 1.54) is 6.07 Å². The Kier molecular flexibility index (Phi) is 4.91. The van der Waals surface area contributed by atoms with Crippen LogP contribution in [0.3, 0.4) is 0 Å². The molecule has 1 aliphatic heterocycles. The standard InChI is InChI=1S/C15H23FN2O/c1-11-10-12(16)5-6-13(11)15-14(17)4-3-7-18(15)8-9-19-2/h5-6,10,14-15H,3-4,7-9,17H2,1-2H3. The van der Waals surface area contributed by atoms with Crippen molar-refractivity contribution in [3.63, 3.8) is 0 Å². The van der Waals surface area contributed by atoms with Gasteiger partial charge < -0.3 is 10.5 Å². The number of aryl methyl sites for hydroxylation is 1. The maximum absolute atomic E-state index is 13.2. The Morgan fingerprint density at radius 1 is 1.47 bits per heavy atom. The van der Waals surface area contributed by atoms with E-state index in [2.05, 4.69) is 4.90 Å². The molecule has 1 aliphatic rings. The van der Waals surface area contributed by atoms with E-state index in [1.54, 1.807) is 13.2 Å². The number of hydrogen-bond acceptors (Lipinski definition) is 3. The third-order valence-electron chi connectivity index (χ3n) is 3.91. The van der Waals surface area contributed by atoms with Crippen molar-refractivity contribution < 1.29 is 9.13 Å². The number of ether oxygens (including phenoxy) is 1. The lowest BCUT2D eigenvalue weighted by atomic mass is 9.88. The number of likely N-dealkylation sites (tertiary alicyclic amines) is 1. The van der Waals surface area contributed by atoms with Crippen LogP contribution in [-0.2, 0) is 4.74 Å². The summed E-state index contributed by atoms with van der Waals surface area (Å²) < 4.78 is 18.4. The van der Waals surface area contributed by atoms with Crippen LogP contribution in [0.5, 0.6) is 0 Å². The summed E-state index contributed by atoms with van der Waals surface area (Å²) in [6, 6.07) is 5.27. The van der Waals surface area contributed by atoms with Crippen LogP contribution in [0.1, 0.15) is 30.0 Å². The molecule has 1 saturated heterocycles. The van der Waals surface area contributed by atoms with Crippen LogP contribution in [0.15, 0.2) is 18.2 Å². The quantitative estimate of drug-likeness (QED) is 0.908. The molecular formula is C15H23FN2O. The molecule has 2 N–H and O–H groups in total. The van der Waals surface area contributed by atoms with Crippen molar-refractivity contribution in [2.45, 2.75) is 31.8 Å². The summed E-state index contributed by atoms with van der Waals surface area (Å²) in [6.07, 6.45) is 2.13. The Morgan fingerprint density at radius 3 is 2.95 bits per heavy atom. The van der Waals surface area contributed by atoms with E-state index in [4.69, 9.17) is 10.5 Å². The first-order chi connectivity index (χ1) is 9.13. The largest absolute Gasteiger partial charge is 0.383 e. The van der Waals surface area contributed by atoms with Crippen molar-refractivity contribution >= 4 is 0 Å². The minimum Gasteiger partial charge on any atom is -0.383 e. The molecule has 0 amide bonds. The van der Waals surface area contributed by atoms with Crippen molar-refractivity contribution in [1.29, 1.82) is 0 Å². The number of halogens is 1. The first-order valence-corrected chi connectivity index (χ1v) is 6.88. The molecular weight excluding hydrogens is 243 g/mol. The van der Waals surface area contributed by atoms with Crippen LogP contribution >= 0.6 is 0 Å². The van der Waals surface area contributed by atoms with Gasteiger partial charge in [0.1, 0.15) is 5.82 Å². The number of benzene rings is 1. The molecule has 0 spiro atoms. The highest BCUT2D eigenvalue weighted by Crippen LogP contribution is 2.32. The van der Waals surface area contributed by atoms with Crippen molar-refractivity contribution in [2.75, 3.05) is 26.8 Å². The minimum atomic E-state index is -0.186. The number of nitrogens with zero attached hydrogens (tertiary/aromatic N) is 1. The molecule has 2 rings (SSSR count). The third kappa shape index (κ3) is 3.32. The van der Waals surface area contributed by atoms with Crippen molar-refractivity contribution in [1.82, 2.24) is 4.90 Å². The van der Waals surface area contributed by atoms with Gasteiger partial charge in [0.25, 0.3) is 0 Å². The van der Waals surface area contributed by atoms with E-state index in [1.807, 2.05) is 13.0 Å². The lowest BCUT2D eigenvalue weighted by Crippen LogP contribution is -2.47. The highest BCUT2D eigenvalue weighted by Gasteiger charge is 2.30. The van der Waals surface area contributed by atoms with Crippen molar-refractivity contribution in [3.05, 3.63) is 35.1 Å². The molecule has 106 valence electrons. The zero-order valence-electron chi connectivity index (χ0n) is 11.7. The maximum Gasteiger partial charge on any atom is 0.123 e. The van der Waals surface area contributed by atoms with Gasteiger partial charge in [0.15, 0.2) is 0 Å². The summed E-state index contributed by atoms with van der Waals surface area (Å²) in [4.78, 5) is 2.36. The molecule has 3 nitrogen and oxygen atoms in total. The SMILES string of the molecule is COCCN1CCCC(N)C1c1ccc(F)cc1C. The Hall–Kier alpha value is -0.970. The Labute approximate surface area is 114 Å². The minimum absolute atomic E-state index is 0.106. The van der Waals surface area contributed by atoms with Gasteiger partial charge in [0.2, 0.25) is 0 Å². The molecule has 1 aromatic carbocycles. The molecule has 2 unspecified atom stereocenters. The van der Waals surface area contributed by atoms with Crippen LogP contribution in [0.2, 0.25) is 0 Å². The van der Waals surface area contributed by atoms with Crippen molar-refractivity contribution in [3.8, 4) is 0 Å². The molecule has 1 fully saturated rings. The average Bonchev–Trinajstić information content (AvgIpc) is 2.37. The second-order valence-electron chi connectivity index (χ2n) is 5.28. The van der Waals surface area contributed by atoms with Gasteiger partial charge in [-0.05, 0) is 49.6 Å². The second kappa shape index (κ2) is 6.46. The summed E-state index contributed by atoms with van der Waals surface area (Å²) in [5.74, 6) is -0.186. The number of methoxy groups -OCH3 is 1. The van der Waals surface area contributed by atoms with Crippen LogP contribution in [0, 0.1) is 12.7 Å². The highest BCUT2D eigenvalue weighted by molar-refractivity contribution is 5.31. The fourth-order valence-electron chi connectivity index (χ4n) is 2.96. The van der Waals surface area contributed by atoms with Crippen LogP contribution in [-0.4, -0.2) is 37.7 Å². The van der Waals surface area contributed by atoms with E-state index in [0.717, 1.165) is 37.1 Å². The molecule has 0 aromatic heterocycles. The smallest absolute Gasteiger partial charge is 0.123 e. The first kappa shape index (κ1) is 14.4. The van der Waals surface area contributed by atoms with Gasteiger partial charge >= 0.3 is 0 Å². The normalized spacial score (nSPS) is 24.6. The van der Waals surface area contributed by atoms with Gasteiger partial charge in [-0.3, -0.25) is 4.90 Å². The summed E-state index contributed by atoms with van der Waals surface area (Å²) in [5, 5.41) is 0. The van der Waals surface area contributed by atoms with Crippen LogP contribution in [0.4, 0.5) is 4.39 Å². The molecule has 1 heterocycles. The van der Waals surface area contributed by atoms with E-state index in [9.17, 15) is 4.39 Å². The van der Waals surface area contributed by atoms with E-state index in [0.29, 0.717) is 6.61 Å². The fourth-order valence-corrected chi connectivity index (χ4v) is 2.96. The summed E-state index contributed by atoms with van der Waals surface area (Å²) in [7, 11) is 1.71. The van der Waals surface area contributed by atoms with Crippen LogP contribution < -0.4 is 5.73 Å². The molecule has 0 radical (unpaired) electrons. The zero-order chi connectivity index (χ0) is 13.8. The maximum atomic E-state index is 13.2. The van der Waals surface area contributed by atoms with Gasteiger partial charge in [-0.25, -0.2) is 4.39 Å². The topological polar surface area (TPSA) is 38.5 Å². The first-order valence-electron chi connectivity index (χ1n) is 6.88. The molecule has 4 heteroatoms. The zero-order valence-corrected chi connectivity index (χ0v) is 11.7. The highest BCUT2D eigenvalue weighted by atomic mass is 19.1. The number of nitrogens with two attached hydrogens (primary N) is 1. The average molecular weight is 266 g/mol. The van der Waals surface area contributed by atoms with E-state index in [-0.39, 0.29) is 17.9 Å². The summed E-state index contributed by atoms with van der Waals surface area (Å²) in [5.41, 5.74) is 8.42. The molecule has 0 bridgehead atoms. The van der Waals surface area contributed by atoms with E-state index >= 15 is 0 Å². The second-order valence-corrected chi connectivity index (χ2v) is 5.28. The number of rotatable bonds is 4. The monoisotopic (exact) mass is 266 g/mol. The molecule has 1 aromatic rings. The number of piperidine rings is 1. The summed E-state index contributed by atoms with van der Waals surface area (Å²) >= 11 is 0. The Bertz CT molecular complexity index is 425. The van der Waals surface area contributed by atoms with Gasteiger partial charge in [-0.2, -0.15) is 0 Å². The molecule has 0 aliphatic carbocycles. The lowest BCUT2D eigenvalue weighted by Gasteiger charge is -2.40. The Balaban J connectivity index is 2.25. The lowest BCUT2D eigenvalue weighted by molar-refractivity contribution is 0.0845. The predicted octanol–water partition coefficient (Wildman–Crippen LogP) is 2.24. The summed E-state index contributed by atoms with van der Waals surface area (Å²) in [6.45, 7) is 4.54. The van der Waals surface area contributed by atoms with Gasteiger partial charge in [0, 0.05) is 19.7 Å². The third-order valence-corrected chi connectivity index (χ3v) is 3.91. The van der Waals surface area contributed by atoms with E-state index < -0.39 is 0 Å². The van der Waals surface area contributed by atoms with Crippen molar-refractivity contribution in [2.24, 2.45) is 5.73 Å². The van der Waals surface area contributed by atoms with Crippen LogP contribution in [0.25, 0.3) is 0 Å². The molecule has 2 atom stereocenters. The van der Waals surface area contributed by atoms with Gasteiger partial charge in [-0.15, -0.1) is 0 Å². The fraction of sp³-hybridized carbons (Fsp3) is 0.600. The van der Waals surface area contributed by atoms with Gasteiger partial charge in [0.05, 0.1) is 12.6 Å². The molecule has 0 saturated carbocycles. The predicted molar refractivity (Wildman–Crippen MR) is 74.5 cm³/mol. The number of hydrogen-bond donors (Lipinski definition) is 1. The van der Waals surface area contributed by atoms with Gasteiger partial charge in [-0.1, -0.05) is 6.07 Å². The Morgan fingerprint density at radius 2 is 2.26 bits per heavy atom.